The molecule has 0 saturated heterocycles. The Morgan fingerprint density at radius 2 is 2.00 bits per heavy atom. The summed E-state index contributed by atoms with van der Waals surface area (Å²) in [4.78, 5) is 0. The Bertz CT molecular complexity index is 902. The van der Waals surface area contributed by atoms with Crippen LogP contribution in [0.3, 0.4) is 0 Å². The van der Waals surface area contributed by atoms with Crippen LogP contribution >= 0.6 is 0 Å². The third-order valence-corrected chi connectivity index (χ3v) is 5.64. The second-order valence-corrected chi connectivity index (χ2v) is 7.85. The van der Waals surface area contributed by atoms with Gasteiger partial charge in [0.15, 0.2) is 11.5 Å². The van der Waals surface area contributed by atoms with E-state index in [1.54, 1.807) is 7.11 Å². The lowest BCUT2D eigenvalue weighted by Gasteiger charge is -2.36. The fourth-order valence-electron chi connectivity index (χ4n) is 4.20. The number of phenolic OH excluding ortho intramolecular Hbond substituents is 1. The molecule has 0 radical (unpaired) electrons. The van der Waals surface area contributed by atoms with Crippen molar-refractivity contribution in [3.63, 3.8) is 0 Å². The molecule has 5 heteroatoms. The minimum absolute atomic E-state index is 0.0980. The average Bonchev–Trinajstić information content (AvgIpc) is 3.00. The molecule has 26 heavy (non-hydrogen) atoms. The number of aryl methyl sites for hydroxylation is 1. The second-order valence-electron chi connectivity index (χ2n) is 7.85. The molecule has 0 fully saturated rings. The van der Waals surface area contributed by atoms with Crippen molar-refractivity contribution in [2.24, 2.45) is 0 Å². The van der Waals surface area contributed by atoms with Crippen LogP contribution in [0.2, 0.25) is 0 Å². The number of hydrogen-bond acceptors (Lipinski definition) is 5. The van der Waals surface area contributed by atoms with E-state index in [1.807, 2.05) is 32.0 Å². The summed E-state index contributed by atoms with van der Waals surface area (Å²) in [5, 5.41) is 10.8. The summed E-state index contributed by atoms with van der Waals surface area (Å²) in [5.41, 5.74) is 2.75. The first kappa shape index (κ1) is 15.7. The van der Waals surface area contributed by atoms with E-state index in [1.165, 1.54) is 0 Å². The SMILES string of the molecule is COc1ccc2c(c1)O[C@H]1c3cc4c(c(O)c3OC[C@@H]21)OC(C)(C)CC4. The van der Waals surface area contributed by atoms with Crippen LogP contribution in [0.25, 0.3) is 0 Å². The van der Waals surface area contributed by atoms with Gasteiger partial charge in [-0.05, 0) is 44.4 Å². The number of rotatable bonds is 1. The molecule has 2 aromatic rings. The summed E-state index contributed by atoms with van der Waals surface area (Å²) in [6, 6.07) is 7.98. The zero-order valence-electron chi connectivity index (χ0n) is 15.2. The van der Waals surface area contributed by atoms with Gasteiger partial charge in [-0.2, -0.15) is 0 Å². The van der Waals surface area contributed by atoms with Gasteiger partial charge in [0, 0.05) is 17.2 Å². The maximum absolute atomic E-state index is 10.8. The molecule has 0 aromatic heterocycles. The number of phenols is 1. The molecule has 3 heterocycles. The number of ether oxygens (including phenoxy) is 4. The zero-order chi connectivity index (χ0) is 18.1. The van der Waals surface area contributed by atoms with Gasteiger partial charge in [0.2, 0.25) is 5.75 Å². The van der Waals surface area contributed by atoms with Gasteiger partial charge in [0.1, 0.15) is 23.2 Å². The fraction of sp³-hybridized carbons (Fsp3) is 0.429. The van der Waals surface area contributed by atoms with Crippen molar-refractivity contribution < 1.29 is 24.1 Å². The van der Waals surface area contributed by atoms with E-state index in [2.05, 4.69) is 6.07 Å². The van der Waals surface area contributed by atoms with Crippen LogP contribution in [-0.2, 0) is 6.42 Å². The Hall–Kier alpha value is -2.56. The number of benzene rings is 2. The molecule has 0 amide bonds. The van der Waals surface area contributed by atoms with E-state index in [-0.39, 0.29) is 23.4 Å². The molecule has 0 aliphatic carbocycles. The predicted molar refractivity (Wildman–Crippen MR) is 95.7 cm³/mol. The molecule has 5 nitrogen and oxygen atoms in total. The zero-order valence-corrected chi connectivity index (χ0v) is 15.2. The van der Waals surface area contributed by atoms with Gasteiger partial charge in [-0.3, -0.25) is 0 Å². The van der Waals surface area contributed by atoms with Crippen molar-refractivity contribution in [3.8, 4) is 28.7 Å². The van der Waals surface area contributed by atoms with E-state index in [4.69, 9.17) is 18.9 Å². The lowest BCUT2D eigenvalue weighted by Crippen LogP contribution is -2.33. The van der Waals surface area contributed by atoms with Crippen LogP contribution in [0.15, 0.2) is 24.3 Å². The first-order valence-corrected chi connectivity index (χ1v) is 9.02. The molecule has 5 rings (SSSR count). The number of hydrogen-bond donors (Lipinski definition) is 1. The molecule has 136 valence electrons. The van der Waals surface area contributed by atoms with Crippen molar-refractivity contribution in [3.05, 3.63) is 41.0 Å². The van der Waals surface area contributed by atoms with E-state index in [0.29, 0.717) is 18.1 Å². The van der Waals surface area contributed by atoms with E-state index in [9.17, 15) is 5.11 Å². The summed E-state index contributed by atoms with van der Waals surface area (Å²) in [6.45, 7) is 4.54. The topological polar surface area (TPSA) is 57.2 Å². The Balaban J connectivity index is 1.59. The molecule has 0 saturated carbocycles. The Morgan fingerprint density at radius 3 is 2.81 bits per heavy atom. The van der Waals surface area contributed by atoms with E-state index >= 15 is 0 Å². The molecule has 3 aliphatic heterocycles. The summed E-state index contributed by atoms with van der Waals surface area (Å²) in [5.74, 6) is 2.85. The molecular formula is C21H22O5. The van der Waals surface area contributed by atoms with Gasteiger partial charge >= 0.3 is 0 Å². The summed E-state index contributed by atoms with van der Waals surface area (Å²) < 4.78 is 23.6. The lowest BCUT2D eigenvalue weighted by atomic mass is 9.86. The van der Waals surface area contributed by atoms with E-state index in [0.717, 1.165) is 41.0 Å². The minimum atomic E-state index is -0.285. The third kappa shape index (κ3) is 2.16. The summed E-state index contributed by atoms with van der Waals surface area (Å²) in [6.07, 6.45) is 1.61. The van der Waals surface area contributed by atoms with Crippen molar-refractivity contribution in [2.45, 2.75) is 44.3 Å². The quantitative estimate of drug-likeness (QED) is 0.835. The summed E-state index contributed by atoms with van der Waals surface area (Å²) >= 11 is 0. The van der Waals surface area contributed by atoms with E-state index < -0.39 is 0 Å². The van der Waals surface area contributed by atoms with Gasteiger partial charge in [0.25, 0.3) is 0 Å². The molecular weight excluding hydrogens is 332 g/mol. The highest BCUT2D eigenvalue weighted by atomic mass is 16.5. The highest BCUT2D eigenvalue weighted by Crippen LogP contribution is 2.57. The monoisotopic (exact) mass is 354 g/mol. The molecule has 1 N–H and O–H groups in total. The Labute approximate surface area is 152 Å². The van der Waals surface area contributed by atoms with Crippen LogP contribution in [0.4, 0.5) is 0 Å². The second kappa shape index (κ2) is 5.22. The van der Waals surface area contributed by atoms with Crippen LogP contribution < -0.4 is 18.9 Å². The Kier molecular flexibility index (Phi) is 3.15. The first-order chi connectivity index (χ1) is 12.5. The third-order valence-electron chi connectivity index (χ3n) is 5.64. The first-order valence-electron chi connectivity index (χ1n) is 9.02. The molecule has 2 aromatic carbocycles. The highest BCUT2D eigenvalue weighted by Gasteiger charge is 2.43. The van der Waals surface area contributed by atoms with Crippen LogP contribution in [0.5, 0.6) is 28.7 Å². The molecule has 3 aliphatic rings. The number of fused-ring (bicyclic) bond motifs is 6. The van der Waals surface area contributed by atoms with Crippen molar-refractivity contribution >= 4 is 0 Å². The molecule has 0 bridgehead atoms. The lowest BCUT2D eigenvalue weighted by molar-refractivity contribution is 0.0772. The van der Waals surface area contributed by atoms with Crippen molar-refractivity contribution in [2.75, 3.05) is 13.7 Å². The van der Waals surface area contributed by atoms with Gasteiger partial charge in [-0.15, -0.1) is 0 Å². The Morgan fingerprint density at radius 1 is 1.15 bits per heavy atom. The van der Waals surface area contributed by atoms with Gasteiger partial charge < -0.3 is 24.1 Å². The average molecular weight is 354 g/mol. The molecule has 0 unspecified atom stereocenters. The number of aromatic hydroxyl groups is 1. The normalized spacial score (nSPS) is 24.1. The maximum Gasteiger partial charge on any atom is 0.201 e. The van der Waals surface area contributed by atoms with Crippen molar-refractivity contribution in [1.29, 1.82) is 0 Å². The van der Waals surface area contributed by atoms with Gasteiger partial charge in [0.05, 0.1) is 19.6 Å². The van der Waals surface area contributed by atoms with Gasteiger partial charge in [-0.1, -0.05) is 6.07 Å². The predicted octanol–water partition coefficient (Wildman–Crippen LogP) is 4.11. The fourth-order valence-corrected chi connectivity index (χ4v) is 4.20. The smallest absolute Gasteiger partial charge is 0.201 e. The van der Waals surface area contributed by atoms with Crippen LogP contribution in [0, 0.1) is 0 Å². The van der Waals surface area contributed by atoms with Crippen LogP contribution in [-0.4, -0.2) is 24.4 Å². The van der Waals surface area contributed by atoms with Gasteiger partial charge in [-0.25, -0.2) is 0 Å². The molecule has 2 atom stereocenters. The number of methoxy groups -OCH3 is 1. The largest absolute Gasteiger partial charge is 0.502 e. The summed E-state index contributed by atoms with van der Waals surface area (Å²) in [7, 11) is 1.65. The van der Waals surface area contributed by atoms with Crippen molar-refractivity contribution in [1.82, 2.24) is 0 Å². The highest BCUT2D eigenvalue weighted by molar-refractivity contribution is 5.63. The maximum atomic E-state index is 10.8. The molecule has 0 spiro atoms. The standard InChI is InChI=1S/C21H22O5/c1-21(2)7-6-11-8-14-19-15(10-24-20(14)17(22)18(11)26-21)13-5-4-12(23-3)9-16(13)25-19/h4-5,8-9,15,19,22H,6-7,10H2,1-3H3/t15-,19-/m0/s1. The van der Waals surface area contributed by atoms with Crippen LogP contribution in [0.1, 0.15) is 49.0 Å². The minimum Gasteiger partial charge on any atom is -0.502 e.